The van der Waals surface area contributed by atoms with Gasteiger partial charge in [-0.1, -0.05) is 202 Å². The van der Waals surface area contributed by atoms with Crippen LogP contribution in [0.5, 0.6) is 0 Å². The number of aromatic nitrogens is 4. The Morgan fingerprint density at radius 3 is 1.49 bits per heavy atom. The van der Waals surface area contributed by atoms with Crippen molar-refractivity contribution in [1.82, 2.24) is 19.5 Å². The Hall–Kier alpha value is -10.8. The van der Waals surface area contributed by atoms with E-state index in [0.717, 1.165) is 56.3 Å². The highest BCUT2D eigenvalue weighted by Gasteiger charge is 2.39. The minimum Gasteiger partial charge on any atom is -0.310 e. The van der Waals surface area contributed by atoms with Crippen molar-refractivity contribution in [3.8, 4) is 73.0 Å². The SMILES string of the molecule is CC1(C)c2ccc(-c3ccc(N(c4ccccc4)c4cc(-c5ccccc5)cc(-c5ccccc5)c4)cc3)cc2-c2ccc3c(c21)c1cc2c4ccccc4c4ccccc4c2cc1n3-c1cc(-c2ccncc2)nc(-c2ccccc2)n1. The molecule has 1 aliphatic carbocycles. The molecule has 16 rings (SSSR count). The lowest BCUT2D eigenvalue weighted by atomic mass is 9.80. The normalized spacial score (nSPS) is 12.6. The molecule has 0 radical (unpaired) electrons. The summed E-state index contributed by atoms with van der Waals surface area (Å²) in [6, 6.07) is 99.2. The number of para-hydroxylation sites is 1. The van der Waals surface area contributed by atoms with Gasteiger partial charge < -0.3 is 4.90 Å². The molecule has 5 nitrogen and oxygen atoms in total. The standard InChI is InChI=1S/C78H53N5/c1-78(2)70-37-33-55(52-31-34-59(35-32-52)82(58-25-13-6-14-26-58)60-44-56(50-19-7-3-8-20-50)43-57(45-60)51-21-9-4-10-22-51)46-68(70)65-36-38-72-75(76(65)78)69-47-66-63-29-17-15-27-61(63)62-28-16-18-30-64(62)67(66)48-73(69)83(72)74-49-71(53-39-41-79-42-40-53)80-77(81-74)54-23-11-5-12-24-54/h3-49H,1-2H3. The number of nitrogens with zero attached hydrogens (tertiary/aromatic N) is 5. The van der Waals surface area contributed by atoms with Crippen molar-refractivity contribution in [2.45, 2.75) is 19.3 Å². The summed E-state index contributed by atoms with van der Waals surface area (Å²) in [6.07, 6.45) is 3.66. The van der Waals surface area contributed by atoms with Gasteiger partial charge in [-0.15, -0.1) is 0 Å². The molecule has 1 aliphatic rings. The molecular weight excluding hydrogens is 1010 g/mol. The van der Waals surface area contributed by atoms with Crippen LogP contribution in [0.2, 0.25) is 0 Å². The van der Waals surface area contributed by atoms with Gasteiger partial charge in [-0.25, -0.2) is 9.97 Å². The van der Waals surface area contributed by atoms with Crippen molar-refractivity contribution in [2.75, 3.05) is 4.90 Å². The highest BCUT2D eigenvalue weighted by molar-refractivity contribution is 6.29. The predicted octanol–water partition coefficient (Wildman–Crippen LogP) is 20.5. The smallest absolute Gasteiger partial charge is 0.162 e. The van der Waals surface area contributed by atoms with Crippen LogP contribution in [0.25, 0.3) is 127 Å². The molecule has 0 amide bonds. The Morgan fingerprint density at radius 1 is 0.337 bits per heavy atom. The van der Waals surface area contributed by atoms with E-state index in [0.29, 0.717) is 5.82 Å². The molecule has 0 bridgehead atoms. The maximum Gasteiger partial charge on any atom is 0.162 e. The lowest BCUT2D eigenvalue weighted by Gasteiger charge is -2.27. The van der Waals surface area contributed by atoms with Crippen LogP contribution in [-0.2, 0) is 5.41 Å². The zero-order valence-electron chi connectivity index (χ0n) is 45.9. The lowest BCUT2D eigenvalue weighted by Crippen LogP contribution is -2.15. The van der Waals surface area contributed by atoms with Gasteiger partial charge in [0.2, 0.25) is 0 Å². The summed E-state index contributed by atoms with van der Waals surface area (Å²) in [6.45, 7) is 4.82. The molecule has 83 heavy (non-hydrogen) atoms. The fourth-order valence-corrected chi connectivity index (χ4v) is 13.3. The van der Waals surface area contributed by atoms with Crippen LogP contribution in [-0.4, -0.2) is 19.5 Å². The minimum atomic E-state index is -0.349. The molecule has 390 valence electrons. The summed E-state index contributed by atoms with van der Waals surface area (Å²) in [7, 11) is 0. The Bertz CT molecular complexity index is 4900. The second-order valence-electron chi connectivity index (χ2n) is 22.4. The first kappa shape index (κ1) is 48.2. The molecule has 3 heterocycles. The first-order valence-electron chi connectivity index (χ1n) is 28.5. The monoisotopic (exact) mass is 1060 g/mol. The van der Waals surface area contributed by atoms with Gasteiger partial charge >= 0.3 is 0 Å². The highest BCUT2D eigenvalue weighted by atomic mass is 15.1. The first-order chi connectivity index (χ1) is 40.9. The van der Waals surface area contributed by atoms with Gasteiger partial charge in [0, 0.05) is 62.8 Å². The molecule has 0 spiro atoms. The number of pyridine rings is 1. The van der Waals surface area contributed by atoms with E-state index in [2.05, 4.69) is 283 Å². The molecule has 0 saturated carbocycles. The van der Waals surface area contributed by atoms with E-state index < -0.39 is 0 Å². The number of fused-ring (bicyclic) bond motifs is 13. The number of hydrogen-bond donors (Lipinski definition) is 0. The Balaban J connectivity index is 0.878. The first-order valence-corrected chi connectivity index (χ1v) is 28.5. The van der Waals surface area contributed by atoms with E-state index in [1.54, 1.807) is 0 Å². The molecular formula is C78H53N5. The molecule has 15 aromatic rings. The summed E-state index contributed by atoms with van der Waals surface area (Å²) in [4.78, 5) is 17.5. The van der Waals surface area contributed by atoms with E-state index >= 15 is 0 Å². The second-order valence-corrected chi connectivity index (χ2v) is 22.4. The minimum absolute atomic E-state index is 0.349. The van der Waals surface area contributed by atoms with Gasteiger partial charge in [-0.3, -0.25) is 9.55 Å². The van der Waals surface area contributed by atoms with Crippen molar-refractivity contribution < 1.29 is 0 Å². The van der Waals surface area contributed by atoms with Gasteiger partial charge in [-0.2, -0.15) is 0 Å². The molecule has 0 saturated heterocycles. The van der Waals surface area contributed by atoms with E-state index in [1.165, 1.54) is 93.2 Å². The quantitative estimate of drug-likeness (QED) is 0.135. The molecule has 0 atom stereocenters. The highest BCUT2D eigenvalue weighted by Crippen LogP contribution is 2.55. The zero-order chi connectivity index (χ0) is 55.2. The molecule has 0 aliphatic heterocycles. The van der Waals surface area contributed by atoms with Crippen LogP contribution in [0.15, 0.2) is 285 Å². The summed E-state index contributed by atoms with van der Waals surface area (Å²) in [5.74, 6) is 1.47. The zero-order valence-corrected chi connectivity index (χ0v) is 45.9. The Morgan fingerprint density at radius 2 is 0.867 bits per heavy atom. The average Bonchev–Trinajstić information content (AvgIpc) is 1.98. The van der Waals surface area contributed by atoms with Crippen molar-refractivity contribution in [3.05, 3.63) is 297 Å². The Kier molecular flexibility index (Phi) is 11.2. The third kappa shape index (κ3) is 7.95. The number of anilines is 3. The van der Waals surface area contributed by atoms with Crippen LogP contribution in [0, 0.1) is 0 Å². The Labute approximate surface area is 481 Å². The number of benzene rings is 12. The van der Waals surface area contributed by atoms with Gasteiger partial charge in [0.05, 0.1) is 16.7 Å². The third-order valence-electron chi connectivity index (χ3n) is 17.2. The van der Waals surface area contributed by atoms with Gasteiger partial charge in [0.25, 0.3) is 0 Å². The van der Waals surface area contributed by atoms with E-state index in [1.807, 2.05) is 30.6 Å². The van der Waals surface area contributed by atoms with Crippen LogP contribution in [0.3, 0.4) is 0 Å². The molecule has 12 aromatic carbocycles. The molecule has 3 aromatic heterocycles. The van der Waals surface area contributed by atoms with Crippen molar-refractivity contribution in [3.63, 3.8) is 0 Å². The summed E-state index contributed by atoms with van der Waals surface area (Å²) in [5.41, 5.74) is 20.1. The van der Waals surface area contributed by atoms with Crippen LogP contribution in [0.1, 0.15) is 25.0 Å². The van der Waals surface area contributed by atoms with Crippen molar-refractivity contribution in [2.24, 2.45) is 0 Å². The van der Waals surface area contributed by atoms with E-state index in [-0.39, 0.29) is 5.41 Å². The fraction of sp³-hybridized carbons (Fsp3) is 0.0385. The second kappa shape index (κ2) is 19.2. The van der Waals surface area contributed by atoms with Crippen LogP contribution in [0.4, 0.5) is 17.1 Å². The van der Waals surface area contributed by atoms with Gasteiger partial charge in [0.1, 0.15) is 5.82 Å². The van der Waals surface area contributed by atoms with Crippen molar-refractivity contribution in [1.29, 1.82) is 0 Å². The summed E-state index contributed by atoms with van der Waals surface area (Å²) >= 11 is 0. The third-order valence-corrected chi connectivity index (χ3v) is 17.2. The lowest BCUT2D eigenvalue weighted by molar-refractivity contribution is 0.666. The largest absolute Gasteiger partial charge is 0.310 e. The summed E-state index contributed by atoms with van der Waals surface area (Å²) < 4.78 is 2.40. The summed E-state index contributed by atoms with van der Waals surface area (Å²) in [5, 5.41) is 9.85. The van der Waals surface area contributed by atoms with E-state index in [4.69, 9.17) is 9.97 Å². The van der Waals surface area contributed by atoms with Gasteiger partial charge in [-0.05, 0) is 167 Å². The maximum atomic E-state index is 5.50. The van der Waals surface area contributed by atoms with Gasteiger partial charge in [0.15, 0.2) is 5.82 Å². The fourth-order valence-electron chi connectivity index (χ4n) is 13.3. The maximum absolute atomic E-state index is 5.50. The number of hydrogen-bond acceptors (Lipinski definition) is 4. The number of rotatable bonds is 9. The van der Waals surface area contributed by atoms with Crippen LogP contribution >= 0.6 is 0 Å². The van der Waals surface area contributed by atoms with Crippen LogP contribution < -0.4 is 4.90 Å². The molecule has 0 unspecified atom stereocenters. The van der Waals surface area contributed by atoms with E-state index in [9.17, 15) is 0 Å². The molecule has 0 N–H and O–H groups in total. The van der Waals surface area contributed by atoms with Crippen molar-refractivity contribution >= 4 is 71.2 Å². The molecule has 5 heteroatoms. The predicted molar refractivity (Wildman–Crippen MR) is 346 cm³/mol. The average molecular weight is 1060 g/mol. The topological polar surface area (TPSA) is 46.8 Å². The molecule has 0 fully saturated rings.